The molecule has 0 aromatic carbocycles. The molecule has 0 aliphatic carbocycles. The van der Waals surface area contributed by atoms with Crippen LogP contribution in [0.1, 0.15) is 51.9 Å². The number of unbranched alkanes of at least 4 members (excludes halogenated alkanes) is 5. The van der Waals surface area contributed by atoms with Gasteiger partial charge in [-0.1, -0.05) is 45.4 Å². The van der Waals surface area contributed by atoms with Crippen LogP contribution in [0, 0.1) is 0 Å². The van der Waals surface area contributed by atoms with E-state index in [1.807, 2.05) is 6.26 Å². The molecule has 0 aliphatic heterocycles. The lowest BCUT2D eigenvalue weighted by molar-refractivity contribution is -0.304. The quantitative estimate of drug-likeness (QED) is 0.556. The summed E-state index contributed by atoms with van der Waals surface area (Å²) < 4.78 is 0. The lowest BCUT2D eigenvalue weighted by atomic mass is 10.1. The Bertz CT molecular complexity index is 148. The molecule has 3 heteroatoms. The zero-order valence-electron chi connectivity index (χ0n) is 9.25. The molecule has 1 atom stereocenters. The highest BCUT2D eigenvalue weighted by Crippen LogP contribution is 2.15. The van der Waals surface area contributed by atoms with Crippen LogP contribution in [0.2, 0.25) is 0 Å². The monoisotopic (exact) mass is 217 g/mol. The fourth-order valence-electron chi connectivity index (χ4n) is 1.44. The van der Waals surface area contributed by atoms with E-state index in [2.05, 4.69) is 6.92 Å². The van der Waals surface area contributed by atoms with Gasteiger partial charge in [0.05, 0.1) is 5.97 Å². The van der Waals surface area contributed by atoms with Gasteiger partial charge < -0.3 is 9.90 Å². The summed E-state index contributed by atoms with van der Waals surface area (Å²) in [4.78, 5) is 10.6. The van der Waals surface area contributed by atoms with Gasteiger partial charge in [-0.3, -0.25) is 0 Å². The van der Waals surface area contributed by atoms with Gasteiger partial charge in [-0.25, -0.2) is 0 Å². The van der Waals surface area contributed by atoms with Crippen molar-refractivity contribution in [2.45, 2.75) is 57.1 Å². The van der Waals surface area contributed by atoms with E-state index in [0.29, 0.717) is 0 Å². The maximum absolute atomic E-state index is 10.6. The third kappa shape index (κ3) is 7.25. The molecule has 0 spiro atoms. The predicted molar refractivity (Wildman–Crippen MR) is 60.3 cm³/mol. The zero-order chi connectivity index (χ0) is 10.8. The molecule has 0 saturated heterocycles. The number of hydrogen-bond acceptors (Lipinski definition) is 3. The summed E-state index contributed by atoms with van der Waals surface area (Å²) in [6.07, 6.45) is 9.84. The van der Waals surface area contributed by atoms with Crippen molar-refractivity contribution in [3.8, 4) is 0 Å². The van der Waals surface area contributed by atoms with Gasteiger partial charge in [0.25, 0.3) is 0 Å². The highest BCUT2D eigenvalue weighted by molar-refractivity contribution is 7.99. The summed E-state index contributed by atoms with van der Waals surface area (Å²) >= 11 is 1.38. The molecule has 0 radical (unpaired) electrons. The van der Waals surface area contributed by atoms with Gasteiger partial charge in [0.1, 0.15) is 0 Å². The summed E-state index contributed by atoms with van der Waals surface area (Å²) in [6.45, 7) is 2.19. The molecule has 0 fully saturated rings. The first-order valence-electron chi connectivity index (χ1n) is 5.46. The average molecular weight is 217 g/mol. The molecule has 0 unspecified atom stereocenters. The summed E-state index contributed by atoms with van der Waals surface area (Å²) in [5.41, 5.74) is 0. The number of carbonyl (C=O) groups is 1. The second-order valence-corrected chi connectivity index (χ2v) is 4.64. The largest absolute Gasteiger partial charge is 0.549 e. The number of hydrogen-bond donors (Lipinski definition) is 0. The lowest BCUT2D eigenvalue weighted by Gasteiger charge is -2.14. The molecule has 0 amide bonds. The van der Waals surface area contributed by atoms with Gasteiger partial charge >= 0.3 is 0 Å². The molecule has 0 heterocycles. The van der Waals surface area contributed by atoms with Crippen molar-refractivity contribution >= 4 is 17.7 Å². The van der Waals surface area contributed by atoms with Crippen LogP contribution in [-0.4, -0.2) is 17.5 Å². The minimum Gasteiger partial charge on any atom is -0.549 e. The Morgan fingerprint density at radius 3 is 2.29 bits per heavy atom. The first-order chi connectivity index (χ1) is 6.72. The van der Waals surface area contributed by atoms with E-state index < -0.39 is 5.97 Å². The molecular weight excluding hydrogens is 196 g/mol. The third-order valence-corrected chi connectivity index (χ3v) is 3.36. The number of thioether (sulfide) groups is 1. The van der Waals surface area contributed by atoms with Gasteiger partial charge in [-0.15, -0.1) is 0 Å². The van der Waals surface area contributed by atoms with E-state index in [1.54, 1.807) is 0 Å². The first kappa shape index (κ1) is 13.8. The molecule has 0 aromatic rings. The Kier molecular flexibility index (Phi) is 9.26. The third-order valence-electron chi connectivity index (χ3n) is 2.37. The Hall–Kier alpha value is -0.180. The van der Waals surface area contributed by atoms with Gasteiger partial charge in [0.15, 0.2) is 0 Å². The maximum atomic E-state index is 10.6. The second kappa shape index (κ2) is 9.38. The summed E-state index contributed by atoms with van der Waals surface area (Å²) in [6, 6.07) is 0. The number of carboxylic acids is 1. The maximum Gasteiger partial charge on any atom is 0.0544 e. The van der Waals surface area contributed by atoms with E-state index >= 15 is 0 Å². The average Bonchev–Trinajstić information content (AvgIpc) is 2.16. The summed E-state index contributed by atoms with van der Waals surface area (Å²) in [7, 11) is 0. The predicted octanol–water partition coefficient (Wildman–Crippen LogP) is 2.22. The molecule has 0 N–H and O–H groups in total. The van der Waals surface area contributed by atoms with E-state index in [1.165, 1.54) is 37.4 Å². The molecule has 0 aromatic heterocycles. The molecular formula is C11H21O2S-. The first-order valence-corrected chi connectivity index (χ1v) is 6.74. The van der Waals surface area contributed by atoms with Crippen LogP contribution in [0.25, 0.3) is 0 Å². The molecule has 0 bridgehead atoms. The van der Waals surface area contributed by atoms with Crippen molar-refractivity contribution < 1.29 is 9.90 Å². The SMILES string of the molecule is CCCCCCCC[C@H](SC)C(=O)[O-]. The Morgan fingerprint density at radius 1 is 1.21 bits per heavy atom. The fourth-order valence-corrected chi connectivity index (χ4v) is 2.04. The number of carbonyl (C=O) groups excluding carboxylic acids is 1. The van der Waals surface area contributed by atoms with Crippen LogP contribution in [0.15, 0.2) is 0 Å². The normalized spacial score (nSPS) is 12.7. The highest BCUT2D eigenvalue weighted by Gasteiger charge is 2.06. The second-order valence-electron chi connectivity index (χ2n) is 3.60. The van der Waals surface area contributed by atoms with Crippen LogP contribution < -0.4 is 5.11 Å². The van der Waals surface area contributed by atoms with Crippen molar-refractivity contribution in [2.75, 3.05) is 6.26 Å². The van der Waals surface area contributed by atoms with Crippen molar-refractivity contribution in [1.82, 2.24) is 0 Å². The minimum absolute atomic E-state index is 0.304. The van der Waals surface area contributed by atoms with Gasteiger partial charge in [-0.2, -0.15) is 11.8 Å². The Balaban J connectivity index is 3.29. The molecule has 14 heavy (non-hydrogen) atoms. The van der Waals surface area contributed by atoms with Crippen molar-refractivity contribution in [3.63, 3.8) is 0 Å². The Morgan fingerprint density at radius 2 is 1.79 bits per heavy atom. The van der Waals surface area contributed by atoms with E-state index in [-0.39, 0.29) is 5.25 Å². The molecule has 0 rings (SSSR count). The van der Waals surface area contributed by atoms with Crippen LogP contribution in [0.5, 0.6) is 0 Å². The van der Waals surface area contributed by atoms with Gasteiger partial charge in [-0.05, 0) is 12.7 Å². The molecule has 0 aliphatic rings. The zero-order valence-corrected chi connectivity index (χ0v) is 10.1. The smallest absolute Gasteiger partial charge is 0.0544 e. The topological polar surface area (TPSA) is 40.1 Å². The number of aliphatic carboxylic acids is 1. The van der Waals surface area contributed by atoms with Gasteiger partial charge in [0, 0.05) is 5.25 Å². The minimum atomic E-state index is -0.911. The molecule has 84 valence electrons. The standard InChI is InChI=1S/C11H22O2S/c1-3-4-5-6-7-8-9-10(14-2)11(12)13/h10H,3-9H2,1-2H3,(H,12,13)/p-1/t10-/m0/s1. The molecule has 2 nitrogen and oxygen atoms in total. The van der Waals surface area contributed by atoms with Crippen LogP contribution in [0.4, 0.5) is 0 Å². The van der Waals surface area contributed by atoms with Crippen molar-refractivity contribution in [3.05, 3.63) is 0 Å². The summed E-state index contributed by atoms with van der Waals surface area (Å²) in [5.74, 6) is -0.911. The van der Waals surface area contributed by atoms with Crippen LogP contribution in [0.3, 0.4) is 0 Å². The lowest BCUT2D eigenvalue weighted by Crippen LogP contribution is -2.33. The van der Waals surface area contributed by atoms with Crippen molar-refractivity contribution in [2.24, 2.45) is 0 Å². The van der Waals surface area contributed by atoms with Crippen LogP contribution >= 0.6 is 11.8 Å². The van der Waals surface area contributed by atoms with Crippen molar-refractivity contribution in [1.29, 1.82) is 0 Å². The van der Waals surface area contributed by atoms with E-state index in [9.17, 15) is 9.90 Å². The number of carboxylic acid groups (broad SMARTS) is 1. The van der Waals surface area contributed by atoms with Gasteiger partial charge in [0.2, 0.25) is 0 Å². The Labute approximate surface area is 91.5 Å². The summed E-state index contributed by atoms with van der Waals surface area (Å²) in [5, 5.41) is 10.3. The van der Waals surface area contributed by atoms with Crippen LogP contribution in [-0.2, 0) is 4.79 Å². The number of rotatable bonds is 9. The molecule has 0 saturated carbocycles. The van der Waals surface area contributed by atoms with E-state index in [4.69, 9.17) is 0 Å². The fraction of sp³-hybridized carbons (Fsp3) is 0.909. The van der Waals surface area contributed by atoms with E-state index in [0.717, 1.165) is 19.3 Å². The highest BCUT2D eigenvalue weighted by atomic mass is 32.2.